The molecule has 1 N–H and O–H groups in total. The van der Waals surface area contributed by atoms with Crippen molar-refractivity contribution in [2.24, 2.45) is 0 Å². The lowest BCUT2D eigenvalue weighted by Crippen LogP contribution is -2.42. The maximum absolute atomic E-state index is 13.7. The van der Waals surface area contributed by atoms with Crippen LogP contribution in [0.1, 0.15) is 24.8 Å². The second-order valence-electron chi connectivity index (χ2n) is 9.23. The molecule has 3 heterocycles. The van der Waals surface area contributed by atoms with Crippen LogP contribution in [0.4, 0.5) is 39.5 Å². The van der Waals surface area contributed by atoms with Gasteiger partial charge in [-0.3, -0.25) is 4.79 Å². The summed E-state index contributed by atoms with van der Waals surface area (Å²) >= 11 is 0. The van der Waals surface area contributed by atoms with Gasteiger partial charge in [-0.15, -0.1) is 0 Å². The van der Waals surface area contributed by atoms with Crippen LogP contribution in [-0.4, -0.2) is 65.9 Å². The fraction of sp³-hybridized carbons (Fsp3) is 0.385. The highest BCUT2D eigenvalue weighted by Crippen LogP contribution is 2.32. The van der Waals surface area contributed by atoms with E-state index in [-0.39, 0.29) is 29.4 Å². The molecule has 0 bridgehead atoms. The smallest absolute Gasteiger partial charge is 0.472 e. The maximum atomic E-state index is 13.7. The van der Waals surface area contributed by atoms with Crippen LogP contribution in [0.5, 0.6) is 5.75 Å². The van der Waals surface area contributed by atoms with Crippen molar-refractivity contribution in [1.82, 2.24) is 20.3 Å². The molecular formula is C26H25F5N6O3. The van der Waals surface area contributed by atoms with Gasteiger partial charge in [0.1, 0.15) is 29.6 Å². The molecule has 2 saturated heterocycles. The van der Waals surface area contributed by atoms with Crippen molar-refractivity contribution < 1.29 is 36.2 Å². The van der Waals surface area contributed by atoms with Crippen LogP contribution in [0, 0.1) is 11.6 Å². The zero-order valence-corrected chi connectivity index (χ0v) is 21.1. The number of aromatic nitrogens is 3. The average molecular weight is 565 g/mol. The van der Waals surface area contributed by atoms with E-state index in [4.69, 9.17) is 9.47 Å². The van der Waals surface area contributed by atoms with Gasteiger partial charge in [0.25, 0.3) is 0 Å². The molecule has 2 aromatic carbocycles. The summed E-state index contributed by atoms with van der Waals surface area (Å²) in [5, 5.41) is 3.12. The highest BCUT2D eigenvalue weighted by Gasteiger charge is 2.45. The van der Waals surface area contributed by atoms with Gasteiger partial charge in [-0.1, -0.05) is 0 Å². The summed E-state index contributed by atoms with van der Waals surface area (Å²) in [6, 6.07) is 9.63. The summed E-state index contributed by atoms with van der Waals surface area (Å²) in [5.74, 6) is -3.22. The van der Waals surface area contributed by atoms with Gasteiger partial charge in [-0.05, 0) is 48.5 Å². The van der Waals surface area contributed by atoms with Crippen molar-refractivity contribution in [2.45, 2.75) is 31.2 Å². The predicted octanol–water partition coefficient (Wildman–Crippen LogP) is 4.09. The molecule has 14 heteroatoms. The molecule has 3 aromatic rings. The van der Waals surface area contributed by atoms with Gasteiger partial charge in [0.05, 0.1) is 12.3 Å². The Morgan fingerprint density at radius 3 is 2.23 bits per heavy atom. The first kappa shape index (κ1) is 27.6. The van der Waals surface area contributed by atoms with E-state index in [1.54, 1.807) is 4.90 Å². The number of alkyl halides is 3. The Balaban J connectivity index is 1.46. The minimum absolute atomic E-state index is 0.0546. The minimum atomic E-state index is -5.26. The third kappa shape index (κ3) is 6.45. The number of hydrogen-bond donors (Lipinski definition) is 1. The minimum Gasteiger partial charge on any atom is -0.490 e. The molecule has 1 aromatic heterocycles. The molecule has 0 spiro atoms. The van der Waals surface area contributed by atoms with Crippen molar-refractivity contribution in [3.63, 3.8) is 0 Å². The molecule has 0 radical (unpaired) electrons. The lowest BCUT2D eigenvalue weighted by Gasteiger charge is -2.33. The van der Waals surface area contributed by atoms with E-state index in [0.717, 1.165) is 24.3 Å². The van der Waals surface area contributed by atoms with E-state index >= 15 is 0 Å². The SMILES string of the molecule is O=C(N(c1ccc(F)cc1)c1nc(C2CNCCO2)nc(N2CCC(Oc3ccc(F)cc3)CC2)n1)C(F)(F)F. The largest absolute Gasteiger partial charge is 0.490 e. The lowest BCUT2D eigenvalue weighted by molar-refractivity contribution is -0.169. The lowest BCUT2D eigenvalue weighted by atomic mass is 10.1. The second kappa shape index (κ2) is 11.7. The Morgan fingerprint density at radius 1 is 0.975 bits per heavy atom. The van der Waals surface area contributed by atoms with E-state index in [1.165, 1.54) is 24.3 Å². The third-order valence-electron chi connectivity index (χ3n) is 6.42. The number of carbonyl (C=O) groups excluding carboxylic acids is 1. The number of anilines is 3. The first-order valence-corrected chi connectivity index (χ1v) is 12.6. The van der Waals surface area contributed by atoms with E-state index in [0.29, 0.717) is 56.3 Å². The molecule has 9 nitrogen and oxygen atoms in total. The molecule has 40 heavy (non-hydrogen) atoms. The maximum Gasteiger partial charge on any atom is 0.472 e. The predicted molar refractivity (Wildman–Crippen MR) is 133 cm³/mol. The molecule has 0 aliphatic carbocycles. The molecule has 1 unspecified atom stereocenters. The number of halogens is 5. The third-order valence-corrected chi connectivity index (χ3v) is 6.42. The number of hydrogen-bond acceptors (Lipinski definition) is 8. The Morgan fingerprint density at radius 2 is 1.62 bits per heavy atom. The van der Waals surface area contributed by atoms with Gasteiger partial charge in [0.2, 0.25) is 11.9 Å². The van der Waals surface area contributed by atoms with Crippen LogP contribution >= 0.6 is 0 Å². The van der Waals surface area contributed by atoms with Crippen molar-refractivity contribution in [2.75, 3.05) is 42.6 Å². The van der Waals surface area contributed by atoms with E-state index in [9.17, 15) is 26.7 Å². The molecular weight excluding hydrogens is 539 g/mol. The summed E-state index contributed by atoms with van der Waals surface area (Å²) < 4.78 is 79.5. The van der Waals surface area contributed by atoms with Gasteiger partial charge < -0.3 is 19.7 Å². The monoisotopic (exact) mass is 564 g/mol. The van der Waals surface area contributed by atoms with Gasteiger partial charge in [-0.2, -0.15) is 28.1 Å². The highest BCUT2D eigenvalue weighted by molar-refractivity contribution is 6.02. The van der Waals surface area contributed by atoms with Crippen LogP contribution in [0.2, 0.25) is 0 Å². The summed E-state index contributed by atoms with van der Waals surface area (Å²) in [7, 11) is 0. The van der Waals surface area contributed by atoms with Crippen molar-refractivity contribution in [1.29, 1.82) is 0 Å². The van der Waals surface area contributed by atoms with E-state index in [1.807, 2.05) is 0 Å². The topological polar surface area (TPSA) is 92.7 Å². The number of nitrogens with zero attached hydrogens (tertiary/aromatic N) is 5. The van der Waals surface area contributed by atoms with Gasteiger partial charge in [0.15, 0.2) is 5.82 Å². The normalized spacial score (nSPS) is 18.4. The quantitative estimate of drug-likeness (QED) is 0.448. The molecule has 1 atom stereocenters. The Labute approximate surface area is 225 Å². The Hall–Kier alpha value is -3.91. The summed E-state index contributed by atoms with van der Waals surface area (Å²) in [6.07, 6.45) is -5.09. The zero-order chi connectivity index (χ0) is 28.3. The number of carbonyl (C=O) groups is 1. The standard InChI is InChI=1S/C26H25F5N6O3/c27-16-1-5-18(6-2-16)37(23(38)26(29,30)31)25-34-22(21-15-32-11-14-39-21)33-24(35-25)36-12-9-20(10-13-36)40-19-7-3-17(28)4-8-19/h1-8,20-21,32H,9-15H2. The first-order chi connectivity index (χ1) is 19.2. The zero-order valence-electron chi connectivity index (χ0n) is 21.1. The van der Waals surface area contributed by atoms with E-state index < -0.39 is 30.0 Å². The first-order valence-electron chi connectivity index (χ1n) is 12.6. The molecule has 2 aliphatic heterocycles. The Bertz CT molecular complexity index is 1310. The van der Waals surface area contributed by atoms with Crippen LogP contribution < -0.4 is 19.9 Å². The second-order valence-corrected chi connectivity index (χ2v) is 9.23. The van der Waals surface area contributed by atoms with E-state index in [2.05, 4.69) is 20.3 Å². The number of piperidine rings is 1. The number of nitrogens with one attached hydrogen (secondary N) is 1. The van der Waals surface area contributed by atoms with Crippen LogP contribution in [0.3, 0.4) is 0 Å². The molecule has 212 valence electrons. The van der Waals surface area contributed by atoms with Crippen LogP contribution in [-0.2, 0) is 9.53 Å². The van der Waals surface area contributed by atoms with Crippen molar-refractivity contribution in [3.8, 4) is 5.75 Å². The molecule has 0 saturated carbocycles. The van der Waals surface area contributed by atoms with Crippen LogP contribution in [0.25, 0.3) is 0 Å². The van der Waals surface area contributed by atoms with Gasteiger partial charge in [0, 0.05) is 39.0 Å². The number of morpholine rings is 1. The summed E-state index contributed by atoms with van der Waals surface area (Å²) in [4.78, 5) is 27.6. The van der Waals surface area contributed by atoms with Crippen molar-refractivity contribution >= 4 is 23.5 Å². The van der Waals surface area contributed by atoms with Gasteiger partial charge >= 0.3 is 12.1 Å². The number of amides is 1. The molecule has 1 amide bonds. The number of rotatable bonds is 6. The summed E-state index contributed by atoms with van der Waals surface area (Å²) in [6.45, 7) is 2.00. The van der Waals surface area contributed by atoms with Gasteiger partial charge in [-0.25, -0.2) is 13.7 Å². The number of benzene rings is 2. The van der Waals surface area contributed by atoms with Crippen LogP contribution in [0.15, 0.2) is 48.5 Å². The fourth-order valence-corrected chi connectivity index (χ4v) is 4.41. The average Bonchev–Trinajstić information content (AvgIpc) is 2.96. The molecule has 2 aliphatic rings. The number of ether oxygens (including phenoxy) is 2. The van der Waals surface area contributed by atoms with Crippen molar-refractivity contribution in [3.05, 3.63) is 66.0 Å². The summed E-state index contributed by atoms with van der Waals surface area (Å²) in [5.41, 5.74) is -0.263. The molecule has 5 rings (SSSR count). The Kier molecular flexibility index (Phi) is 8.07. The molecule has 2 fully saturated rings. The fourth-order valence-electron chi connectivity index (χ4n) is 4.41. The highest BCUT2D eigenvalue weighted by atomic mass is 19.4.